The van der Waals surface area contributed by atoms with Crippen LogP contribution in [0.1, 0.15) is 56.8 Å². The average molecular weight is 361 g/mol. The quantitative estimate of drug-likeness (QED) is 0.271. The molecule has 1 aromatic carbocycles. The number of alkyl halides is 1. The number of halogens is 1. The molecular weight excluding hydrogens is 332 g/mol. The van der Waals surface area contributed by atoms with Gasteiger partial charge in [-0.05, 0) is 64.7 Å². The Labute approximate surface area is 157 Å². The number of carbonyl (C=O) groups is 1. The van der Waals surface area contributed by atoms with Crippen molar-refractivity contribution in [1.29, 1.82) is 0 Å². The van der Waals surface area contributed by atoms with Crippen molar-refractivity contribution in [2.45, 2.75) is 46.5 Å². The molecule has 0 spiro atoms. The number of allylic oxidation sites excluding steroid dienone is 5. The maximum atomic E-state index is 11.8. The molecule has 0 heterocycles. The number of rotatable bonds is 10. The molecule has 0 aliphatic carbocycles. The van der Waals surface area contributed by atoms with Crippen LogP contribution in [0, 0.1) is 0 Å². The molecule has 0 radical (unpaired) electrons. The first kappa shape index (κ1) is 21.2. The van der Waals surface area contributed by atoms with Gasteiger partial charge in [0.2, 0.25) is 0 Å². The third-order valence-electron chi connectivity index (χ3n) is 3.93. The van der Waals surface area contributed by atoms with Gasteiger partial charge in [0.25, 0.3) is 0 Å². The van der Waals surface area contributed by atoms with Gasteiger partial charge in [0.15, 0.2) is 0 Å². The molecule has 0 saturated carbocycles. The number of ether oxygens (including phenoxy) is 1. The Morgan fingerprint density at radius 3 is 2.08 bits per heavy atom. The highest BCUT2D eigenvalue weighted by molar-refractivity contribution is 6.19. The van der Waals surface area contributed by atoms with E-state index in [0.717, 1.165) is 25.7 Å². The fourth-order valence-corrected chi connectivity index (χ4v) is 2.38. The molecule has 1 aromatic rings. The SMILES string of the molecule is C/C(=C\CC/C(C)=C/CC/C(C)=C/COC(=O)c1ccccc1)CCl. The fraction of sp³-hybridized carbons (Fsp3) is 0.409. The Morgan fingerprint density at radius 1 is 0.920 bits per heavy atom. The van der Waals surface area contributed by atoms with Crippen LogP contribution in [0.2, 0.25) is 0 Å². The molecule has 0 aromatic heterocycles. The van der Waals surface area contributed by atoms with E-state index >= 15 is 0 Å². The van der Waals surface area contributed by atoms with Gasteiger partial charge in [-0.2, -0.15) is 0 Å². The lowest BCUT2D eigenvalue weighted by molar-refractivity contribution is 0.0549. The van der Waals surface area contributed by atoms with Gasteiger partial charge in [-0.15, -0.1) is 11.6 Å². The minimum Gasteiger partial charge on any atom is -0.458 e. The van der Waals surface area contributed by atoms with E-state index < -0.39 is 0 Å². The minimum atomic E-state index is -0.277. The van der Waals surface area contributed by atoms with Gasteiger partial charge in [0.05, 0.1) is 5.56 Å². The third-order valence-corrected chi connectivity index (χ3v) is 4.35. The Kier molecular flexibility index (Phi) is 10.7. The Balaban J connectivity index is 2.26. The lowest BCUT2D eigenvalue weighted by Gasteiger charge is -2.04. The lowest BCUT2D eigenvalue weighted by Crippen LogP contribution is -2.04. The number of benzene rings is 1. The topological polar surface area (TPSA) is 26.3 Å². The summed E-state index contributed by atoms with van der Waals surface area (Å²) in [6, 6.07) is 9.07. The predicted octanol–water partition coefficient (Wildman–Crippen LogP) is 6.48. The van der Waals surface area contributed by atoms with Gasteiger partial charge >= 0.3 is 5.97 Å². The maximum absolute atomic E-state index is 11.8. The van der Waals surface area contributed by atoms with Gasteiger partial charge in [0.1, 0.15) is 6.61 Å². The molecule has 0 bridgehead atoms. The van der Waals surface area contributed by atoms with Crippen molar-refractivity contribution in [3.63, 3.8) is 0 Å². The van der Waals surface area contributed by atoms with E-state index in [1.165, 1.54) is 16.7 Å². The monoisotopic (exact) mass is 360 g/mol. The van der Waals surface area contributed by atoms with Crippen molar-refractivity contribution in [3.8, 4) is 0 Å². The summed E-state index contributed by atoms with van der Waals surface area (Å²) in [5.41, 5.74) is 4.47. The summed E-state index contributed by atoms with van der Waals surface area (Å²) in [5, 5.41) is 0. The normalized spacial score (nSPS) is 13.0. The zero-order valence-electron chi connectivity index (χ0n) is 15.6. The lowest BCUT2D eigenvalue weighted by atomic mass is 10.1. The second kappa shape index (κ2) is 12.5. The Hall–Kier alpha value is -1.80. The van der Waals surface area contributed by atoms with Crippen molar-refractivity contribution in [2.24, 2.45) is 0 Å². The van der Waals surface area contributed by atoms with E-state index in [1.807, 2.05) is 24.3 Å². The van der Waals surface area contributed by atoms with Crippen molar-refractivity contribution in [1.82, 2.24) is 0 Å². The summed E-state index contributed by atoms with van der Waals surface area (Å²) in [7, 11) is 0. The molecule has 0 aliphatic rings. The molecule has 0 aliphatic heterocycles. The summed E-state index contributed by atoms with van der Waals surface area (Å²) >= 11 is 5.76. The van der Waals surface area contributed by atoms with E-state index in [2.05, 4.69) is 32.9 Å². The summed E-state index contributed by atoms with van der Waals surface area (Å²) in [4.78, 5) is 11.8. The highest BCUT2D eigenvalue weighted by Crippen LogP contribution is 2.12. The first-order valence-electron chi connectivity index (χ1n) is 8.78. The van der Waals surface area contributed by atoms with Crippen LogP contribution in [0.3, 0.4) is 0 Å². The molecule has 136 valence electrons. The van der Waals surface area contributed by atoms with E-state index in [-0.39, 0.29) is 5.97 Å². The third kappa shape index (κ3) is 9.93. The van der Waals surface area contributed by atoms with Crippen molar-refractivity contribution in [2.75, 3.05) is 12.5 Å². The highest BCUT2D eigenvalue weighted by atomic mass is 35.5. The van der Waals surface area contributed by atoms with Crippen LogP contribution in [-0.4, -0.2) is 18.5 Å². The number of esters is 1. The van der Waals surface area contributed by atoms with Crippen LogP contribution < -0.4 is 0 Å². The molecule has 0 unspecified atom stereocenters. The first-order chi connectivity index (χ1) is 12.0. The van der Waals surface area contributed by atoms with Crippen molar-refractivity contribution < 1.29 is 9.53 Å². The van der Waals surface area contributed by atoms with Crippen LogP contribution in [-0.2, 0) is 4.74 Å². The number of hydrogen-bond donors (Lipinski definition) is 0. The summed E-state index contributed by atoms with van der Waals surface area (Å²) in [5.74, 6) is 0.336. The van der Waals surface area contributed by atoms with Crippen molar-refractivity contribution in [3.05, 3.63) is 70.8 Å². The molecule has 0 atom stereocenters. The van der Waals surface area contributed by atoms with E-state index in [1.54, 1.807) is 12.1 Å². The largest absolute Gasteiger partial charge is 0.458 e. The zero-order valence-corrected chi connectivity index (χ0v) is 16.3. The fourth-order valence-electron chi connectivity index (χ4n) is 2.27. The van der Waals surface area contributed by atoms with Gasteiger partial charge in [-0.3, -0.25) is 0 Å². The molecular formula is C22H29ClO2. The molecule has 0 N–H and O–H groups in total. The predicted molar refractivity (Wildman–Crippen MR) is 107 cm³/mol. The van der Waals surface area contributed by atoms with Gasteiger partial charge < -0.3 is 4.74 Å². The summed E-state index contributed by atoms with van der Waals surface area (Å²) in [6.07, 6.45) is 10.6. The van der Waals surface area contributed by atoms with E-state index in [9.17, 15) is 4.79 Å². The van der Waals surface area contributed by atoms with Crippen molar-refractivity contribution >= 4 is 17.6 Å². The zero-order chi connectivity index (χ0) is 18.5. The Morgan fingerprint density at radius 2 is 1.48 bits per heavy atom. The minimum absolute atomic E-state index is 0.277. The first-order valence-corrected chi connectivity index (χ1v) is 9.31. The molecule has 0 saturated heterocycles. The molecule has 25 heavy (non-hydrogen) atoms. The smallest absolute Gasteiger partial charge is 0.338 e. The number of hydrogen-bond acceptors (Lipinski definition) is 2. The van der Waals surface area contributed by atoms with Crippen LogP contribution in [0.4, 0.5) is 0 Å². The van der Waals surface area contributed by atoms with Crippen LogP contribution in [0.15, 0.2) is 65.3 Å². The highest BCUT2D eigenvalue weighted by Gasteiger charge is 2.04. The molecule has 0 fully saturated rings. The standard InChI is InChI=1S/C22H29ClO2/c1-18(10-8-12-20(3)17-23)9-7-11-19(2)15-16-25-22(24)21-13-5-4-6-14-21/h4-6,9,12-15H,7-8,10-11,16-17H2,1-3H3/b18-9+,19-15+,20-12+. The second-order valence-corrected chi connectivity index (χ2v) is 6.59. The van der Waals surface area contributed by atoms with Crippen LogP contribution in [0.5, 0.6) is 0 Å². The molecule has 2 nitrogen and oxygen atoms in total. The van der Waals surface area contributed by atoms with Gasteiger partial charge in [0, 0.05) is 5.88 Å². The van der Waals surface area contributed by atoms with E-state index in [4.69, 9.17) is 16.3 Å². The molecule has 3 heteroatoms. The average Bonchev–Trinajstić information content (AvgIpc) is 2.62. The maximum Gasteiger partial charge on any atom is 0.338 e. The Bertz CT molecular complexity index is 612. The number of carbonyl (C=O) groups excluding carboxylic acids is 1. The van der Waals surface area contributed by atoms with Crippen LogP contribution >= 0.6 is 11.6 Å². The summed E-state index contributed by atoms with van der Waals surface area (Å²) in [6.45, 7) is 6.63. The van der Waals surface area contributed by atoms with E-state index in [0.29, 0.717) is 18.1 Å². The molecule has 1 rings (SSSR count). The van der Waals surface area contributed by atoms with Gasteiger partial charge in [-0.1, -0.05) is 47.1 Å². The van der Waals surface area contributed by atoms with Crippen LogP contribution in [0.25, 0.3) is 0 Å². The van der Waals surface area contributed by atoms with Gasteiger partial charge in [-0.25, -0.2) is 4.79 Å². The summed E-state index contributed by atoms with van der Waals surface area (Å²) < 4.78 is 5.26. The molecule has 0 amide bonds. The second-order valence-electron chi connectivity index (χ2n) is 6.33.